The number of carbonyl (C=O) groups excluding carboxylic acids is 2. The van der Waals surface area contributed by atoms with Gasteiger partial charge in [0, 0.05) is 57.1 Å². The summed E-state index contributed by atoms with van der Waals surface area (Å²) in [6.45, 7) is 4.11. The number of nitrogens with zero attached hydrogens (tertiary/aromatic N) is 6. The van der Waals surface area contributed by atoms with E-state index in [1.807, 2.05) is 66.9 Å². The molecule has 160 valence electrons. The first kappa shape index (κ1) is 20.2. The third kappa shape index (κ3) is 2.84. The molecule has 1 saturated heterocycles. The number of benzene rings is 1. The van der Waals surface area contributed by atoms with Crippen LogP contribution in [0.25, 0.3) is 0 Å². The van der Waals surface area contributed by atoms with Crippen LogP contribution in [0.15, 0.2) is 40.7 Å². The number of hydrogen-bond donors (Lipinski definition) is 1. The van der Waals surface area contributed by atoms with Crippen molar-refractivity contribution in [3.8, 4) is 0 Å². The van der Waals surface area contributed by atoms with Gasteiger partial charge in [0.25, 0.3) is 5.91 Å². The molecule has 0 radical (unpaired) electrons. The van der Waals surface area contributed by atoms with E-state index in [0.29, 0.717) is 12.4 Å². The molecular weight excluding hydrogens is 384 g/mol. The molecule has 3 amide bonds. The second-order valence-corrected chi connectivity index (χ2v) is 8.04. The minimum absolute atomic E-state index is 0.0743. The Bertz CT molecular complexity index is 939. The average Bonchev–Trinajstić information content (AvgIpc) is 3.22. The first-order valence-corrected chi connectivity index (χ1v) is 10.1. The van der Waals surface area contributed by atoms with E-state index in [4.69, 9.17) is 10.1 Å². The van der Waals surface area contributed by atoms with Crippen LogP contribution in [0.1, 0.15) is 20.3 Å². The second kappa shape index (κ2) is 7.32. The van der Waals surface area contributed by atoms with Crippen LogP contribution in [-0.4, -0.2) is 84.2 Å². The van der Waals surface area contributed by atoms with Crippen molar-refractivity contribution in [2.75, 3.05) is 44.1 Å². The molecule has 0 aliphatic carbocycles. The Balaban J connectivity index is 1.71. The normalized spacial score (nSPS) is 23.3. The van der Waals surface area contributed by atoms with Gasteiger partial charge >= 0.3 is 6.03 Å². The Morgan fingerprint density at radius 1 is 1.10 bits per heavy atom. The van der Waals surface area contributed by atoms with E-state index in [0.717, 1.165) is 22.8 Å². The van der Waals surface area contributed by atoms with Crippen molar-refractivity contribution >= 4 is 29.3 Å². The number of imide groups is 1. The van der Waals surface area contributed by atoms with Crippen LogP contribution >= 0.6 is 0 Å². The fourth-order valence-corrected chi connectivity index (χ4v) is 4.26. The number of carbonyl (C=O) groups is 2. The second-order valence-electron chi connectivity index (χ2n) is 8.04. The van der Waals surface area contributed by atoms with Gasteiger partial charge in [-0.2, -0.15) is 0 Å². The van der Waals surface area contributed by atoms with Crippen molar-refractivity contribution in [3.63, 3.8) is 0 Å². The van der Waals surface area contributed by atoms with E-state index in [2.05, 4.69) is 0 Å². The summed E-state index contributed by atoms with van der Waals surface area (Å²) in [5.74, 6) is 0.391. The van der Waals surface area contributed by atoms with E-state index >= 15 is 0 Å². The third-order valence-electron chi connectivity index (χ3n) is 6.06. The van der Waals surface area contributed by atoms with Crippen LogP contribution < -0.4 is 9.80 Å². The summed E-state index contributed by atoms with van der Waals surface area (Å²) in [5.41, 5.74) is 3.99. The van der Waals surface area contributed by atoms with Crippen molar-refractivity contribution < 1.29 is 14.7 Å². The highest BCUT2D eigenvalue weighted by Gasteiger charge is 2.55. The first-order valence-electron chi connectivity index (χ1n) is 10.1. The van der Waals surface area contributed by atoms with Crippen molar-refractivity contribution in [2.24, 2.45) is 4.99 Å². The number of aliphatic hydroxyl groups is 1. The summed E-state index contributed by atoms with van der Waals surface area (Å²) in [5, 5.41) is 9.15. The quantitative estimate of drug-likeness (QED) is 0.789. The maximum absolute atomic E-state index is 13.3. The molecule has 4 rings (SSSR count). The SMILES string of the molecule is CC1=C(C)N2C(=NC3C2C(=O)N(CCCO)C(=O)N3C)N1c1ccc(N(C)C)cc1. The number of aliphatic hydroxyl groups excluding tert-OH is 1. The molecule has 1 aromatic carbocycles. The lowest BCUT2D eigenvalue weighted by Gasteiger charge is -2.40. The zero-order valence-electron chi connectivity index (χ0n) is 18.0. The Morgan fingerprint density at radius 2 is 1.77 bits per heavy atom. The van der Waals surface area contributed by atoms with Gasteiger partial charge in [0.2, 0.25) is 5.96 Å². The fourth-order valence-electron chi connectivity index (χ4n) is 4.26. The van der Waals surface area contributed by atoms with Gasteiger partial charge in [0.1, 0.15) is 0 Å². The van der Waals surface area contributed by atoms with Crippen LogP contribution in [0.4, 0.5) is 16.2 Å². The Kier molecular flexibility index (Phi) is 4.93. The lowest BCUT2D eigenvalue weighted by atomic mass is 10.1. The van der Waals surface area contributed by atoms with Gasteiger partial charge in [-0.25, -0.2) is 9.79 Å². The molecule has 0 bridgehead atoms. The smallest absolute Gasteiger partial charge is 0.328 e. The van der Waals surface area contributed by atoms with Gasteiger partial charge in [-0.15, -0.1) is 0 Å². The predicted molar refractivity (Wildman–Crippen MR) is 115 cm³/mol. The van der Waals surface area contributed by atoms with Crippen LogP contribution in [0.3, 0.4) is 0 Å². The highest BCUT2D eigenvalue weighted by atomic mass is 16.3. The Morgan fingerprint density at radius 3 is 2.37 bits per heavy atom. The summed E-state index contributed by atoms with van der Waals surface area (Å²) in [6.07, 6.45) is -0.216. The first-order chi connectivity index (χ1) is 14.3. The van der Waals surface area contributed by atoms with Gasteiger partial charge in [-0.1, -0.05) is 0 Å². The molecule has 1 fully saturated rings. The number of guanidine groups is 1. The molecule has 9 heteroatoms. The Labute approximate surface area is 176 Å². The van der Waals surface area contributed by atoms with Crippen LogP contribution in [0.2, 0.25) is 0 Å². The van der Waals surface area contributed by atoms with E-state index in [-0.39, 0.29) is 25.1 Å². The minimum Gasteiger partial charge on any atom is -0.396 e. The van der Waals surface area contributed by atoms with Crippen LogP contribution in [0.5, 0.6) is 0 Å². The number of aliphatic imine (C=N–C) groups is 1. The molecule has 0 saturated carbocycles. The molecule has 1 N–H and O–H groups in total. The summed E-state index contributed by atoms with van der Waals surface area (Å²) in [7, 11) is 5.66. The largest absolute Gasteiger partial charge is 0.396 e. The molecule has 2 atom stereocenters. The Hall–Kier alpha value is -3.07. The lowest BCUT2D eigenvalue weighted by Crippen LogP contribution is -2.64. The zero-order chi connectivity index (χ0) is 21.7. The van der Waals surface area contributed by atoms with Crippen molar-refractivity contribution in [2.45, 2.75) is 32.5 Å². The molecule has 0 aromatic heterocycles. The highest BCUT2D eigenvalue weighted by Crippen LogP contribution is 2.40. The minimum atomic E-state index is -0.595. The maximum Gasteiger partial charge on any atom is 0.328 e. The molecule has 9 nitrogen and oxygen atoms in total. The molecule has 3 aliphatic heterocycles. The molecule has 30 heavy (non-hydrogen) atoms. The fraction of sp³-hybridized carbons (Fsp3) is 0.476. The monoisotopic (exact) mass is 412 g/mol. The highest BCUT2D eigenvalue weighted by molar-refractivity contribution is 6.10. The molecule has 2 unspecified atom stereocenters. The summed E-state index contributed by atoms with van der Waals surface area (Å²) in [4.78, 5) is 39.6. The van der Waals surface area contributed by atoms with Gasteiger partial charge < -0.3 is 14.9 Å². The number of fused-ring (bicyclic) bond motifs is 3. The number of hydrogen-bond acceptors (Lipinski definition) is 7. The summed E-state index contributed by atoms with van der Waals surface area (Å²) < 4.78 is 0. The van der Waals surface area contributed by atoms with Crippen LogP contribution in [0, 0.1) is 0 Å². The van der Waals surface area contributed by atoms with Gasteiger partial charge in [0.15, 0.2) is 12.2 Å². The topological polar surface area (TPSA) is 82.9 Å². The molecular formula is C21H28N6O3. The standard InChI is InChI=1S/C21H28N6O3/c1-13-14(2)27-17-18(24(5)21(30)25(19(17)29)11-6-12-28)22-20(27)26(13)16-9-7-15(8-10-16)23(3)4/h7-10,17-18,28H,6,11-12H2,1-5H3. The maximum atomic E-state index is 13.3. The molecule has 3 aliphatic rings. The van der Waals surface area contributed by atoms with E-state index in [1.165, 1.54) is 9.80 Å². The van der Waals surface area contributed by atoms with Crippen molar-refractivity contribution in [1.82, 2.24) is 14.7 Å². The lowest BCUT2D eigenvalue weighted by molar-refractivity contribution is -0.136. The number of amides is 3. The van der Waals surface area contributed by atoms with E-state index in [9.17, 15) is 9.59 Å². The van der Waals surface area contributed by atoms with Crippen LogP contribution in [-0.2, 0) is 4.79 Å². The molecule has 1 aromatic rings. The van der Waals surface area contributed by atoms with Crippen molar-refractivity contribution in [1.29, 1.82) is 0 Å². The van der Waals surface area contributed by atoms with Crippen molar-refractivity contribution in [3.05, 3.63) is 35.7 Å². The zero-order valence-corrected chi connectivity index (χ0v) is 18.0. The molecule has 0 spiro atoms. The van der Waals surface area contributed by atoms with Gasteiger partial charge in [0.05, 0.1) is 0 Å². The summed E-state index contributed by atoms with van der Waals surface area (Å²) >= 11 is 0. The predicted octanol–water partition coefficient (Wildman–Crippen LogP) is 1.47. The van der Waals surface area contributed by atoms with Gasteiger partial charge in [-0.3, -0.25) is 19.5 Å². The average molecular weight is 412 g/mol. The number of allylic oxidation sites excluding steroid dienone is 2. The summed E-state index contributed by atoms with van der Waals surface area (Å²) in [6, 6.07) is 7.18. The van der Waals surface area contributed by atoms with Gasteiger partial charge in [-0.05, 0) is 44.5 Å². The molecule has 3 heterocycles. The number of urea groups is 1. The van der Waals surface area contributed by atoms with E-state index in [1.54, 1.807) is 7.05 Å². The number of anilines is 2. The van der Waals surface area contributed by atoms with E-state index < -0.39 is 12.2 Å². The number of rotatable bonds is 5. The number of likely N-dealkylation sites (N-methyl/N-ethyl adjacent to an activating group) is 1. The third-order valence-corrected chi connectivity index (χ3v) is 6.06.